The highest BCUT2D eigenvalue weighted by atomic mass is 32.2. The van der Waals surface area contributed by atoms with Crippen molar-refractivity contribution >= 4 is 17.5 Å². The van der Waals surface area contributed by atoms with Gasteiger partial charge in [0.25, 0.3) is 0 Å². The van der Waals surface area contributed by atoms with Gasteiger partial charge in [-0.05, 0) is 54.0 Å². The number of benzene rings is 1. The highest BCUT2D eigenvalue weighted by Crippen LogP contribution is 2.31. The molecule has 1 aliphatic carbocycles. The highest BCUT2D eigenvalue weighted by Gasteiger charge is 2.24. The van der Waals surface area contributed by atoms with E-state index in [4.69, 9.17) is 5.21 Å². The van der Waals surface area contributed by atoms with Gasteiger partial charge in [0.1, 0.15) is 5.75 Å². The Balaban J connectivity index is 1.84. The molecule has 1 aliphatic rings. The van der Waals surface area contributed by atoms with Crippen LogP contribution in [0.5, 0.6) is 5.75 Å². The van der Waals surface area contributed by atoms with Crippen molar-refractivity contribution in [3.05, 3.63) is 24.3 Å². The fourth-order valence-corrected chi connectivity index (χ4v) is 3.51. The fourth-order valence-electron chi connectivity index (χ4n) is 2.34. The van der Waals surface area contributed by atoms with Gasteiger partial charge in [-0.3, -0.25) is 0 Å². The van der Waals surface area contributed by atoms with E-state index in [1.807, 2.05) is 0 Å². The zero-order valence-corrected chi connectivity index (χ0v) is 12.1. The third kappa shape index (κ3) is 2.99. The van der Waals surface area contributed by atoms with Crippen LogP contribution < -0.4 is 0 Å². The van der Waals surface area contributed by atoms with Crippen molar-refractivity contribution in [2.75, 3.05) is 0 Å². The summed E-state index contributed by atoms with van der Waals surface area (Å²) in [5.74, 6) is 0.197. The molecule has 1 fully saturated rings. The number of nitrogens with zero attached hydrogens (tertiary/aromatic N) is 5. The maximum absolute atomic E-state index is 9.34. The molecule has 1 aromatic carbocycles. The number of rotatable bonds is 3. The van der Waals surface area contributed by atoms with E-state index in [1.165, 1.54) is 11.8 Å². The van der Waals surface area contributed by atoms with Gasteiger partial charge in [-0.2, -0.15) is 4.68 Å². The Labute approximate surface area is 125 Å². The monoisotopic (exact) mass is 305 g/mol. The van der Waals surface area contributed by atoms with Crippen LogP contribution in [0.3, 0.4) is 0 Å². The van der Waals surface area contributed by atoms with Gasteiger partial charge in [0.15, 0.2) is 0 Å². The molecule has 1 unspecified atom stereocenters. The van der Waals surface area contributed by atoms with Crippen LogP contribution in [0.4, 0.5) is 0 Å². The van der Waals surface area contributed by atoms with Gasteiger partial charge in [0.05, 0.1) is 16.6 Å². The summed E-state index contributed by atoms with van der Waals surface area (Å²) in [6.07, 6.45) is 3.93. The lowest BCUT2D eigenvalue weighted by Crippen LogP contribution is -2.22. The van der Waals surface area contributed by atoms with Gasteiger partial charge < -0.3 is 10.3 Å². The molecule has 110 valence electrons. The molecule has 0 bridgehead atoms. The number of tetrazole rings is 1. The lowest BCUT2D eigenvalue weighted by molar-refractivity contribution is 0.314. The first-order valence-electron chi connectivity index (χ1n) is 6.73. The molecule has 7 nitrogen and oxygen atoms in total. The molecule has 8 heteroatoms. The Morgan fingerprint density at radius 2 is 2.05 bits per heavy atom. The number of hydrogen-bond donors (Lipinski definition) is 2. The molecule has 1 aromatic heterocycles. The van der Waals surface area contributed by atoms with Crippen molar-refractivity contribution in [2.45, 2.75) is 36.1 Å². The van der Waals surface area contributed by atoms with E-state index < -0.39 is 0 Å². The summed E-state index contributed by atoms with van der Waals surface area (Å²) in [5.41, 5.74) is 1.57. The van der Waals surface area contributed by atoms with E-state index in [9.17, 15) is 5.11 Å². The lowest BCUT2D eigenvalue weighted by atomic mass is 9.98. The number of thioether (sulfide) groups is 1. The smallest absolute Gasteiger partial charge is 0.214 e. The maximum atomic E-state index is 9.34. The molecule has 2 N–H and O–H groups in total. The number of phenolic OH excluding ortho intramolecular Hbond substituents is 1. The molecule has 21 heavy (non-hydrogen) atoms. The second-order valence-electron chi connectivity index (χ2n) is 4.83. The van der Waals surface area contributed by atoms with Crippen molar-refractivity contribution in [2.24, 2.45) is 5.16 Å². The predicted molar refractivity (Wildman–Crippen MR) is 78.2 cm³/mol. The van der Waals surface area contributed by atoms with E-state index in [2.05, 4.69) is 20.7 Å². The minimum absolute atomic E-state index is 0.102. The first kappa shape index (κ1) is 13.9. The second-order valence-corrected chi connectivity index (χ2v) is 6.00. The SMILES string of the molecule is O/N=C1\CCCCC1Sc1nnnn1-c1ccc(O)cc1. The molecular weight excluding hydrogens is 290 g/mol. The first-order valence-corrected chi connectivity index (χ1v) is 7.61. The van der Waals surface area contributed by atoms with Crippen molar-refractivity contribution in [1.29, 1.82) is 0 Å². The van der Waals surface area contributed by atoms with Crippen LogP contribution in [0.1, 0.15) is 25.7 Å². The van der Waals surface area contributed by atoms with Crippen LogP contribution in [0, 0.1) is 0 Å². The molecule has 1 heterocycles. The summed E-state index contributed by atoms with van der Waals surface area (Å²) in [5, 5.41) is 34.3. The number of hydrogen-bond acceptors (Lipinski definition) is 7. The molecule has 0 amide bonds. The molecular formula is C13H15N5O2S. The van der Waals surface area contributed by atoms with Gasteiger partial charge in [0.2, 0.25) is 5.16 Å². The summed E-state index contributed by atoms with van der Waals surface area (Å²) in [6, 6.07) is 6.68. The number of aromatic hydroxyl groups is 1. The lowest BCUT2D eigenvalue weighted by Gasteiger charge is -2.21. The molecule has 1 atom stereocenters. The van der Waals surface area contributed by atoms with E-state index in [0.717, 1.165) is 37.1 Å². The molecule has 0 aliphatic heterocycles. The van der Waals surface area contributed by atoms with Gasteiger partial charge in [-0.15, -0.1) is 5.10 Å². The average molecular weight is 305 g/mol. The van der Waals surface area contributed by atoms with E-state index in [1.54, 1.807) is 28.9 Å². The molecule has 1 saturated carbocycles. The van der Waals surface area contributed by atoms with Crippen molar-refractivity contribution in [3.8, 4) is 11.4 Å². The maximum Gasteiger partial charge on any atom is 0.214 e. The van der Waals surface area contributed by atoms with Crippen LogP contribution in [0.15, 0.2) is 34.6 Å². The topological polar surface area (TPSA) is 96.4 Å². The molecule has 0 spiro atoms. The summed E-state index contributed by atoms with van der Waals surface area (Å²) in [6.45, 7) is 0. The highest BCUT2D eigenvalue weighted by molar-refractivity contribution is 8.00. The summed E-state index contributed by atoms with van der Waals surface area (Å²) in [4.78, 5) is 0. The molecule has 2 aromatic rings. The Bertz CT molecular complexity index is 640. The first-order chi connectivity index (χ1) is 10.3. The van der Waals surface area contributed by atoms with Gasteiger partial charge in [-0.1, -0.05) is 23.3 Å². The summed E-state index contributed by atoms with van der Waals surface area (Å²) >= 11 is 1.50. The van der Waals surface area contributed by atoms with E-state index in [-0.39, 0.29) is 11.0 Å². The van der Waals surface area contributed by atoms with Crippen LogP contribution in [0.2, 0.25) is 0 Å². The minimum atomic E-state index is 0.102. The number of oxime groups is 1. The molecule has 0 saturated heterocycles. The Morgan fingerprint density at radius 3 is 2.81 bits per heavy atom. The van der Waals surface area contributed by atoms with Crippen molar-refractivity contribution in [3.63, 3.8) is 0 Å². The minimum Gasteiger partial charge on any atom is -0.508 e. The summed E-state index contributed by atoms with van der Waals surface area (Å²) in [7, 11) is 0. The zero-order chi connectivity index (χ0) is 14.7. The van der Waals surface area contributed by atoms with Crippen LogP contribution >= 0.6 is 11.8 Å². The largest absolute Gasteiger partial charge is 0.508 e. The number of phenols is 1. The van der Waals surface area contributed by atoms with Crippen LogP contribution in [-0.4, -0.2) is 41.5 Å². The molecule has 0 radical (unpaired) electrons. The molecule has 3 rings (SSSR count). The standard InChI is InChI=1S/C13H15N5O2S/c19-10-7-5-9(6-8-10)18-13(14-16-17-18)21-12-4-2-1-3-11(12)15-20/h5-8,12,19-20H,1-4H2/b15-11+. The Morgan fingerprint density at radius 1 is 1.24 bits per heavy atom. The van der Waals surface area contributed by atoms with Crippen LogP contribution in [-0.2, 0) is 0 Å². The van der Waals surface area contributed by atoms with E-state index >= 15 is 0 Å². The average Bonchev–Trinajstić information content (AvgIpc) is 2.97. The fraction of sp³-hybridized carbons (Fsp3) is 0.385. The normalized spacial score (nSPS) is 20.8. The quantitative estimate of drug-likeness (QED) is 0.667. The Kier molecular flexibility index (Phi) is 4.05. The van der Waals surface area contributed by atoms with Gasteiger partial charge >= 0.3 is 0 Å². The van der Waals surface area contributed by atoms with Crippen LogP contribution in [0.25, 0.3) is 5.69 Å². The predicted octanol–water partition coefficient (Wildman–Crippen LogP) is 2.23. The summed E-state index contributed by atoms with van der Waals surface area (Å²) < 4.78 is 1.62. The van der Waals surface area contributed by atoms with Gasteiger partial charge in [0, 0.05) is 0 Å². The van der Waals surface area contributed by atoms with Gasteiger partial charge in [-0.25, -0.2) is 0 Å². The second kappa shape index (κ2) is 6.13. The zero-order valence-electron chi connectivity index (χ0n) is 11.3. The Hall–Kier alpha value is -2.09. The van der Waals surface area contributed by atoms with Crippen molar-refractivity contribution < 1.29 is 10.3 Å². The number of aromatic nitrogens is 4. The third-order valence-corrected chi connectivity index (χ3v) is 4.69. The van der Waals surface area contributed by atoms with E-state index in [0.29, 0.717) is 5.16 Å². The van der Waals surface area contributed by atoms with Crippen molar-refractivity contribution in [1.82, 2.24) is 20.2 Å². The third-order valence-electron chi connectivity index (χ3n) is 3.43.